The molecule has 0 spiro atoms. The summed E-state index contributed by atoms with van der Waals surface area (Å²) in [5, 5.41) is 0.632. The number of pyridine rings is 1. The van der Waals surface area contributed by atoms with Crippen LogP contribution in [0.3, 0.4) is 0 Å². The zero-order valence-electron chi connectivity index (χ0n) is 10.5. The molecule has 19 heavy (non-hydrogen) atoms. The molecule has 0 aliphatic carbocycles. The van der Waals surface area contributed by atoms with Crippen LogP contribution in [0.5, 0.6) is 11.5 Å². The zero-order valence-corrected chi connectivity index (χ0v) is 10.5. The van der Waals surface area contributed by atoms with E-state index in [-0.39, 0.29) is 5.43 Å². The summed E-state index contributed by atoms with van der Waals surface area (Å²) < 4.78 is 5.83. The van der Waals surface area contributed by atoms with Crippen molar-refractivity contribution in [2.24, 2.45) is 0 Å². The summed E-state index contributed by atoms with van der Waals surface area (Å²) >= 11 is 0. The molecule has 0 atom stereocenters. The van der Waals surface area contributed by atoms with Crippen LogP contribution in [0, 0.1) is 6.92 Å². The highest BCUT2D eigenvalue weighted by Crippen LogP contribution is 2.26. The number of hydrogen-bond acceptors (Lipinski definition) is 2. The minimum Gasteiger partial charge on any atom is -0.455 e. The van der Waals surface area contributed by atoms with Crippen LogP contribution in [0.15, 0.2) is 59.5 Å². The lowest BCUT2D eigenvalue weighted by Gasteiger charge is -2.08. The van der Waals surface area contributed by atoms with Gasteiger partial charge in [0.05, 0.1) is 5.52 Å². The summed E-state index contributed by atoms with van der Waals surface area (Å²) in [4.78, 5) is 14.8. The zero-order chi connectivity index (χ0) is 13.2. The monoisotopic (exact) mass is 251 g/mol. The quantitative estimate of drug-likeness (QED) is 0.755. The topological polar surface area (TPSA) is 42.1 Å². The first-order chi connectivity index (χ1) is 9.24. The van der Waals surface area contributed by atoms with E-state index >= 15 is 0 Å². The molecule has 2 aromatic carbocycles. The van der Waals surface area contributed by atoms with Crippen molar-refractivity contribution >= 4 is 10.9 Å². The Labute approximate surface area is 110 Å². The third-order valence-electron chi connectivity index (χ3n) is 3.00. The molecule has 0 unspecified atom stereocenters. The normalized spacial score (nSPS) is 10.6. The van der Waals surface area contributed by atoms with Gasteiger partial charge in [0.25, 0.3) is 0 Å². The highest BCUT2D eigenvalue weighted by molar-refractivity contribution is 5.84. The Morgan fingerprint density at radius 2 is 1.79 bits per heavy atom. The summed E-state index contributed by atoms with van der Waals surface area (Å²) in [6.45, 7) is 2.03. The van der Waals surface area contributed by atoms with Gasteiger partial charge in [-0.1, -0.05) is 23.8 Å². The third-order valence-corrected chi connectivity index (χ3v) is 3.00. The third kappa shape index (κ3) is 2.22. The van der Waals surface area contributed by atoms with E-state index in [2.05, 4.69) is 4.98 Å². The molecule has 0 bridgehead atoms. The van der Waals surface area contributed by atoms with Crippen molar-refractivity contribution in [2.45, 2.75) is 6.92 Å². The lowest BCUT2D eigenvalue weighted by atomic mass is 10.2. The van der Waals surface area contributed by atoms with Gasteiger partial charge < -0.3 is 9.72 Å². The van der Waals surface area contributed by atoms with E-state index in [1.54, 1.807) is 12.3 Å². The first kappa shape index (κ1) is 11.5. The molecule has 1 heterocycles. The second kappa shape index (κ2) is 4.61. The van der Waals surface area contributed by atoms with Crippen LogP contribution in [-0.4, -0.2) is 4.98 Å². The summed E-state index contributed by atoms with van der Waals surface area (Å²) in [7, 11) is 0. The molecule has 94 valence electrons. The highest BCUT2D eigenvalue weighted by Gasteiger charge is 2.05. The number of hydrogen-bond donors (Lipinski definition) is 1. The van der Waals surface area contributed by atoms with Crippen molar-refractivity contribution in [3.8, 4) is 11.5 Å². The fraction of sp³-hybridized carbons (Fsp3) is 0.0625. The summed E-state index contributed by atoms with van der Waals surface area (Å²) in [5.74, 6) is 1.40. The van der Waals surface area contributed by atoms with E-state index in [0.29, 0.717) is 11.1 Å². The van der Waals surface area contributed by atoms with Gasteiger partial charge in [0, 0.05) is 17.6 Å². The van der Waals surface area contributed by atoms with Gasteiger partial charge in [-0.3, -0.25) is 4.79 Å². The number of fused-ring (bicyclic) bond motifs is 1. The van der Waals surface area contributed by atoms with Gasteiger partial charge in [-0.25, -0.2) is 0 Å². The Bertz CT molecular complexity index is 773. The van der Waals surface area contributed by atoms with Crippen molar-refractivity contribution in [2.75, 3.05) is 0 Å². The summed E-state index contributed by atoms with van der Waals surface area (Å²) in [6.07, 6.45) is 1.63. The molecule has 0 amide bonds. The van der Waals surface area contributed by atoms with E-state index in [4.69, 9.17) is 4.74 Å². The molecule has 3 rings (SSSR count). The molecule has 0 fully saturated rings. The number of rotatable bonds is 2. The Kier molecular flexibility index (Phi) is 2.80. The molecule has 3 heteroatoms. The number of aromatic nitrogens is 1. The van der Waals surface area contributed by atoms with Gasteiger partial charge in [0.15, 0.2) is 11.2 Å². The number of aromatic amines is 1. The highest BCUT2D eigenvalue weighted by atomic mass is 16.5. The average molecular weight is 251 g/mol. The van der Waals surface area contributed by atoms with Crippen LogP contribution >= 0.6 is 0 Å². The first-order valence-corrected chi connectivity index (χ1v) is 6.09. The molecular formula is C16H13NO2. The molecule has 1 aromatic heterocycles. The van der Waals surface area contributed by atoms with Crippen molar-refractivity contribution in [3.63, 3.8) is 0 Å². The van der Waals surface area contributed by atoms with Crippen LogP contribution in [0.1, 0.15) is 5.56 Å². The second-order valence-electron chi connectivity index (χ2n) is 4.44. The fourth-order valence-corrected chi connectivity index (χ4v) is 1.99. The SMILES string of the molecule is Cc1ccc(Oc2cccc3c(=O)cc[nH]c23)cc1. The van der Waals surface area contributed by atoms with Gasteiger partial charge in [-0.15, -0.1) is 0 Å². The number of ether oxygens (including phenoxy) is 1. The van der Waals surface area contributed by atoms with E-state index in [0.717, 1.165) is 11.3 Å². The maximum atomic E-state index is 11.8. The van der Waals surface area contributed by atoms with E-state index in [9.17, 15) is 4.79 Å². The molecule has 1 N–H and O–H groups in total. The molecule has 0 aliphatic heterocycles. The molecular weight excluding hydrogens is 238 g/mol. The Morgan fingerprint density at radius 1 is 1.00 bits per heavy atom. The largest absolute Gasteiger partial charge is 0.455 e. The summed E-state index contributed by atoms with van der Waals surface area (Å²) in [6, 6.07) is 14.8. The van der Waals surface area contributed by atoms with E-state index in [1.165, 1.54) is 11.6 Å². The summed E-state index contributed by atoms with van der Waals surface area (Å²) in [5.41, 5.74) is 1.89. The Hall–Kier alpha value is -2.55. The number of benzene rings is 2. The Morgan fingerprint density at radius 3 is 2.58 bits per heavy atom. The predicted octanol–water partition coefficient (Wildman–Crippen LogP) is 3.63. The van der Waals surface area contributed by atoms with Crippen LogP contribution in [-0.2, 0) is 0 Å². The number of nitrogens with one attached hydrogen (secondary N) is 1. The van der Waals surface area contributed by atoms with E-state index < -0.39 is 0 Å². The lowest BCUT2D eigenvalue weighted by Crippen LogP contribution is -2.00. The Balaban J connectivity index is 2.08. The number of aryl methyl sites for hydroxylation is 1. The molecule has 3 aromatic rings. The standard InChI is InChI=1S/C16H13NO2/c1-11-5-7-12(8-6-11)19-15-4-2-3-13-14(18)9-10-17-16(13)15/h2-10H,1H3,(H,17,18). The fourth-order valence-electron chi connectivity index (χ4n) is 1.99. The van der Waals surface area contributed by atoms with Crippen molar-refractivity contribution in [3.05, 3.63) is 70.5 Å². The van der Waals surface area contributed by atoms with Gasteiger partial charge in [0.2, 0.25) is 0 Å². The minimum atomic E-state index is -0.0110. The van der Waals surface area contributed by atoms with Gasteiger partial charge >= 0.3 is 0 Å². The smallest absolute Gasteiger partial charge is 0.189 e. The van der Waals surface area contributed by atoms with Gasteiger partial charge in [0.1, 0.15) is 5.75 Å². The van der Waals surface area contributed by atoms with E-state index in [1.807, 2.05) is 43.3 Å². The van der Waals surface area contributed by atoms with Crippen molar-refractivity contribution in [1.29, 1.82) is 0 Å². The van der Waals surface area contributed by atoms with Crippen LogP contribution in [0.4, 0.5) is 0 Å². The average Bonchev–Trinajstić information content (AvgIpc) is 2.43. The molecule has 0 saturated heterocycles. The van der Waals surface area contributed by atoms with Crippen molar-refractivity contribution < 1.29 is 4.74 Å². The second-order valence-corrected chi connectivity index (χ2v) is 4.44. The molecule has 3 nitrogen and oxygen atoms in total. The van der Waals surface area contributed by atoms with Gasteiger partial charge in [-0.2, -0.15) is 0 Å². The van der Waals surface area contributed by atoms with Crippen LogP contribution < -0.4 is 10.2 Å². The molecule has 0 aliphatic rings. The maximum absolute atomic E-state index is 11.8. The maximum Gasteiger partial charge on any atom is 0.189 e. The lowest BCUT2D eigenvalue weighted by molar-refractivity contribution is 0.487. The molecule has 0 saturated carbocycles. The van der Waals surface area contributed by atoms with Crippen LogP contribution in [0.25, 0.3) is 10.9 Å². The predicted molar refractivity (Wildman–Crippen MR) is 75.8 cm³/mol. The van der Waals surface area contributed by atoms with Gasteiger partial charge in [-0.05, 0) is 31.2 Å². The van der Waals surface area contributed by atoms with Crippen molar-refractivity contribution in [1.82, 2.24) is 4.98 Å². The number of H-pyrrole nitrogens is 1. The number of para-hydroxylation sites is 1. The molecule has 0 radical (unpaired) electrons. The van der Waals surface area contributed by atoms with Crippen LogP contribution in [0.2, 0.25) is 0 Å². The first-order valence-electron chi connectivity index (χ1n) is 6.09. The minimum absolute atomic E-state index is 0.0110.